The van der Waals surface area contributed by atoms with Crippen molar-refractivity contribution in [1.29, 1.82) is 0 Å². The highest BCUT2D eigenvalue weighted by molar-refractivity contribution is 6.26. The first kappa shape index (κ1) is 47.5. The predicted octanol–water partition coefficient (Wildman–Crippen LogP) is 19.9. The molecule has 1 spiro atoms. The lowest BCUT2D eigenvalue weighted by Gasteiger charge is -2.32. The quantitative estimate of drug-likeness (QED) is 0.128. The van der Waals surface area contributed by atoms with Crippen LogP contribution in [0.25, 0.3) is 82.6 Å². The number of anilines is 6. The second kappa shape index (κ2) is 18.3. The molecule has 2 aliphatic carbocycles. The van der Waals surface area contributed by atoms with Crippen LogP contribution in [0, 0.1) is 13.8 Å². The first-order valence-corrected chi connectivity index (χ1v) is 28.1. The number of methoxy groups -OCH3 is 1. The Morgan fingerprint density at radius 1 is 0.378 bits per heavy atom. The zero-order chi connectivity index (χ0) is 54.8. The lowest BCUT2D eigenvalue weighted by molar-refractivity contribution is 0.112. The molecule has 0 aliphatic heterocycles. The van der Waals surface area contributed by atoms with Crippen molar-refractivity contribution in [3.05, 3.63) is 300 Å². The molecule has 16 rings (SSSR count). The van der Waals surface area contributed by atoms with Gasteiger partial charge in [-0.3, -0.25) is 4.79 Å². The number of rotatable bonds is 10. The van der Waals surface area contributed by atoms with Gasteiger partial charge in [-0.15, -0.1) is 0 Å². The first-order valence-electron chi connectivity index (χ1n) is 28.1. The highest BCUT2D eigenvalue weighted by atomic mass is 16.5. The van der Waals surface area contributed by atoms with Gasteiger partial charge in [0.25, 0.3) is 0 Å². The summed E-state index contributed by atoms with van der Waals surface area (Å²) >= 11 is 0. The Morgan fingerprint density at radius 3 is 1.50 bits per heavy atom. The highest BCUT2D eigenvalue weighted by Crippen LogP contribution is 2.65. The van der Waals surface area contributed by atoms with Crippen LogP contribution in [0.3, 0.4) is 0 Å². The van der Waals surface area contributed by atoms with E-state index >= 15 is 0 Å². The number of aromatic nitrogens is 1. The van der Waals surface area contributed by atoms with Crippen LogP contribution in [-0.4, -0.2) is 17.8 Å². The maximum absolute atomic E-state index is 12.0. The lowest BCUT2D eigenvalue weighted by Crippen LogP contribution is -2.26. The van der Waals surface area contributed by atoms with Gasteiger partial charge in [0.05, 0.1) is 29.1 Å². The van der Waals surface area contributed by atoms with Crippen molar-refractivity contribution in [2.45, 2.75) is 19.3 Å². The molecule has 0 amide bonds. The number of aldehydes is 1. The van der Waals surface area contributed by atoms with Gasteiger partial charge in [-0.25, -0.2) is 0 Å². The van der Waals surface area contributed by atoms with Gasteiger partial charge < -0.3 is 18.9 Å². The number of hydrogen-bond acceptors (Lipinski definition) is 4. The summed E-state index contributed by atoms with van der Waals surface area (Å²) in [4.78, 5) is 16.6. The summed E-state index contributed by atoms with van der Waals surface area (Å²) < 4.78 is 8.07. The molecule has 2 heterocycles. The molecule has 0 saturated carbocycles. The zero-order valence-corrected chi connectivity index (χ0v) is 45.6. The third-order valence-corrected chi connectivity index (χ3v) is 17.6. The van der Waals surface area contributed by atoms with Crippen molar-refractivity contribution in [3.63, 3.8) is 0 Å². The molecule has 0 N–H and O–H groups in total. The van der Waals surface area contributed by atoms with Crippen LogP contribution in [0.4, 0.5) is 34.1 Å². The summed E-state index contributed by atoms with van der Waals surface area (Å²) in [6.07, 6.45) is 0.912. The number of carbonyl (C=O) groups is 1. The third-order valence-electron chi connectivity index (χ3n) is 17.6. The number of carbonyl (C=O) groups excluding carboxylic acids is 1. The number of aryl methyl sites for hydroxylation is 2. The van der Waals surface area contributed by atoms with E-state index in [2.05, 4.69) is 265 Å². The van der Waals surface area contributed by atoms with Crippen molar-refractivity contribution < 1.29 is 9.53 Å². The Kier molecular flexibility index (Phi) is 10.6. The van der Waals surface area contributed by atoms with Gasteiger partial charge in [-0.1, -0.05) is 163 Å². The lowest BCUT2D eigenvalue weighted by atomic mass is 9.70. The van der Waals surface area contributed by atoms with Crippen LogP contribution in [0.2, 0.25) is 0 Å². The van der Waals surface area contributed by atoms with Crippen molar-refractivity contribution in [3.8, 4) is 50.3 Å². The summed E-state index contributed by atoms with van der Waals surface area (Å²) in [6, 6.07) is 95.6. The molecule has 1 unspecified atom stereocenters. The maximum atomic E-state index is 12.0. The van der Waals surface area contributed by atoms with E-state index in [1.54, 1.807) is 7.11 Å². The molecule has 2 aliphatic rings. The number of ether oxygens (including phenoxy) is 1. The van der Waals surface area contributed by atoms with Crippen LogP contribution in [-0.2, 0) is 5.41 Å². The Labute approximate surface area is 476 Å². The van der Waals surface area contributed by atoms with Crippen molar-refractivity contribution in [2.75, 3.05) is 16.9 Å². The minimum absolute atomic E-state index is 0.643. The average Bonchev–Trinajstić information content (AvgIpc) is 1.59. The van der Waals surface area contributed by atoms with Crippen LogP contribution in [0.15, 0.2) is 261 Å². The fourth-order valence-corrected chi connectivity index (χ4v) is 13.9. The number of nitrogens with zero attached hydrogens (tertiary/aromatic N) is 3. The SMILES string of the molecule is COc1ccc(N(c2ccc(C)cc2)c2ccc(-c3ccc(-c4ccc5c(c4)C4(c6cc(N(c7ccc(C)cc7)c7ccc(C=O)cc7)ccc6-5)c5ccccc5-c5c4ccc4c6cccc7c8ccccc8n(c54)c76)cc3)cc2)cc1. The molecule has 14 aromatic rings. The Morgan fingerprint density at radius 2 is 0.854 bits per heavy atom. The van der Waals surface area contributed by atoms with Gasteiger partial charge >= 0.3 is 0 Å². The Bertz CT molecular complexity index is 4850. The third kappa shape index (κ3) is 6.96. The summed E-state index contributed by atoms with van der Waals surface area (Å²) in [5, 5.41) is 5.08. The molecule has 5 nitrogen and oxygen atoms in total. The predicted molar refractivity (Wildman–Crippen MR) is 339 cm³/mol. The summed E-state index contributed by atoms with van der Waals surface area (Å²) in [7, 11) is 1.70. The second-order valence-electron chi connectivity index (χ2n) is 22.1. The minimum atomic E-state index is -0.686. The molecule has 0 saturated heterocycles. The van der Waals surface area contributed by atoms with Crippen LogP contribution < -0.4 is 14.5 Å². The van der Waals surface area contributed by atoms with E-state index in [4.69, 9.17) is 4.74 Å². The minimum Gasteiger partial charge on any atom is -0.497 e. The van der Waals surface area contributed by atoms with E-state index in [1.165, 1.54) is 93.7 Å². The molecule has 1 atom stereocenters. The molecular weight excluding hydrogens is 999 g/mol. The van der Waals surface area contributed by atoms with E-state index in [0.717, 1.165) is 68.4 Å². The van der Waals surface area contributed by atoms with E-state index < -0.39 is 5.41 Å². The van der Waals surface area contributed by atoms with E-state index in [9.17, 15) is 4.79 Å². The Hall–Kier alpha value is -10.5. The summed E-state index contributed by atoms with van der Waals surface area (Å²) in [5.74, 6) is 0.826. The number of para-hydroxylation sites is 2. The molecule has 12 aromatic carbocycles. The summed E-state index contributed by atoms with van der Waals surface area (Å²) in [5.41, 5.74) is 27.1. The largest absolute Gasteiger partial charge is 0.497 e. The molecule has 0 fully saturated rings. The number of hydrogen-bond donors (Lipinski definition) is 0. The molecular formula is C77H53N3O2. The second-order valence-corrected chi connectivity index (χ2v) is 22.1. The van der Waals surface area contributed by atoms with Gasteiger partial charge in [0.2, 0.25) is 0 Å². The number of benzene rings is 12. The van der Waals surface area contributed by atoms with Gasteiger partial charge in [0, 0.05) is 66.8 Å². The zero-order valence-electron chi connectivity index (χ0n) is 45.6. The standard InChI is InChI=1S/C77H53N3O2/c1-48-15-28-55(29-16-48)78(59-36-39-61(82-3)40-37-59)58-34-25-52(26-35-58)51-21-23-53(24-22-51)54-27-41-62-63-42-38-60(79(56-30-17-49(2)18-31-56)57-32-19-50(47-81)20-33-57)46-72(63)77(71(62)45-54)69-13-6-4-10-68(69)74-70(77)44-43-67-66-12-8-11-65-64-9-5-7-14-73(64)80(75(65)66)76(67)74/h4-47H,1-3H3. The van der Waals surface area contributed by atoms with Crippen molar-refractivity contribution >= 4 is 78.5 Å². The highest BCUT2D eigenvalue weighted by Gasteiger charge is 2.53. The molecule has 0 radical (unpaired) electrons. The first-order chi connectivity index (χ1) is 40.4. The monoisotopic (exact) mass is 1050 g/mol. The van der Waals surface area contributed by atoms with E-state index in [-0.39, 0.29) is 0 Å². The molecule has 82 heavy (non-hydrogen) atoms. The Balaban J connectivity index is 0.868. The van der Waals surface area contributed by atoms with Gasteiger partial charge in [-0.2, -0.15) is 0 Å². The molecule has 388 valence electrons. The van der Waals surface area contributed by atoms with Crippen molar-refractivity contribution in [2.24, 2.45) is 0 Å². The van der Waals surface area contributed by atoms with E-state index in [0.29, 0.717) is 5.56 Å². The van der Waals surface area contributed by atoms with Crippen molar-refractivity contribution in [1.82, 2.24) is 4.40 Å². The summed E-state index contributed by atoms with van der Waals surface area (Å²) in [6.45, 7) is 4.25. The fourth-order valence-electron chi connectivity index (χ4n) is 13.9. The average molecular weight is 1050 g/mol. The molecule has 5 heteroatoms. The molecule has 2 aromatic heterocycles. The van der Waals surface area contributed by atoms with Crippen LogP contribution in [0.1, 0.15) is 43.7 Å². The normalized spacial score (nSPS) is 13.9. The topological polar surface area (TPSA) is 37.2 Å². The van der Waals surface area contributed by atoms with Crippen LogP contribution >= 0.6 is 0 Å². The van der Waals surface area contributed by atoms with E-state index in [1.807, 2.05) is 24.3 Å². The van der Waals surface area contributed by atoms with Crippen LogP contribution in [0.5, 0.6) is 5.75 Å². The fraction of sp³-hybridized carbons (Fsp3) is 0.0519. The molecule has 0 bridgehead atoms. The van der Waals surface area contributed by atoms with Gasteiger partial charge in [0.1, 0.15) is 12.0 Å². The maximum Gasteiger partial charge on any atom is 0.150 e. The smallest absolute Gasteiger partial charge is 0.150 e. The van der Waals surface area contributed by atoms with Gasteiger partial charge in [0.15, 0.2) is 0 Å². The number of fused-ring (bicyclic) bond motifs is 17. The van der Waals surface area contributed by atoms with Gasteiger partial charge in [-0.05, 0) is 184 Å².